The molecular weight excluding hydrogens is 300 g/mol. The average molecular weight is 327 g/mol. The highest BCUT2D eigenvalue weighted by Crippen LogP contribution is 2.26. The second kappa shape index (κ2) is 9.41. The van der Waals surface area contributed by atoms with Crippen molar-refractivity contribution in [3.63, 3.8) is 0 Å². The summed E-state index contributed by atoms with van der Waals surface area (Å²) in [6, 6.07) is 0. The van der Waals surface area contributed by atoms with Gasteiger partial charge < -0.3 is 10.6 Å². The summed E-state index contributed by atoms with van der Waals surface area (Å²) in [5.74, 6) is 5.82. The van der Waals surface area contributed by atoms with Gasteiger partial charge in [0.05, 0.1) is 0 Å². The van der Waals surface area contributed by atoms with Crippen LogP contribution in [0.15, 0.2) is 6.33 Å². The number of thioether (sulfide) groups is 2. The van der Waals surface area contributed by atoms with E-state index in [1.54, 1.807) is 6.33 Å². The zero-order valence-corrected chi connectivity index (χ0v) is 14.7. The molecule has 0 bridgehead atoms. The minimum Gasteiger partial charge on any atom is -0.370 e. The SMILES string of the molecule is CCCNc1ncnc(NCC2CSCCS2)c1CCC. The predicted molar refractivity (Wildman–Crippen MR) is 96.9 cm³/mol. The first-order valence-electron chi connectivity index (χ1n) is 7.86. The highest BCUT2D eigenvalue weighted by molar-refractivity contribution is 8.06. The van der Waals surface area contributed by atoms with Gasteiger partial charge in [-0.1, -0.05) is 20.3 Å². The summed E-state index contributed by atoms with van der Waals surface area (Å²) in [7, 11) is 0. The van der Waals surface area contributed by atoms with Crippen LogP contribution in [0.2, 0.25) is 0 Å². The molecule has 1 aromatic rings. The third-order valence-electron chi connectivity index (χ3n) is 3.37. The smallest absolute Gasteiger partial charge is 0.134 e. The molecule has 2 rings (SSSR count). The molecule has 118 valence electrons. The van der Waals surface area contributed by atoms with Crippen molar-refractivity contribution < 1.29 is 0 Å². The third kappa shape index (κ3) is 5.25. The standard InChI is InChI=1S/C15H26N4S2/c1-3-5-13-14(16-6-4-2)18-11-19-15(13)17-9-12-10-20-7-8-21-12/h11-12H,3-10H2,1-2H3,(H2,16,17,18,19). The molecule has 2 heterocycles. The van der Waals surface area contributed by atoms with Gasteiger partial charge in [-0.3, -0.25) is 0 Å². The van der Waals surface area contributed by atoms with Crippen molar-refractivity contribution in [1.82, 2.24) is 9.97 Å². The van der Waals surface area contributed by atoms with E-state index in [4.69, 9.17) is 0 Å². The van der Waals surface area contributed by atoms with Gasteiger partial charge in [-0.2, -0.15) is 23.5 Å². The molecule has 1 aliphatic heterocycles. The largest absolute Gasteiger partial charge is 0.370 e. The minimum absolute atomic E-state index is 0.695. The highest BCUT2D eigenvalue weighted by atomic mass is 32.2. The van der Waals surface area contributed by atoms with E-state index in [0.717, 1.165) is 44.0 Å². The van der Waals surface area contributed by atoms with Crippen LogP contribution < -0.4 is 10.6 Å². The Bertz CT molecular complexity index is 422. The molecule has 1 aliphatic rings. The Kier molecular flexibility index (Phi) is 7.50. The van der Waals surface area contributed by atoms with Crippen molar-refractivity contribution >= 4 is 35.2 Å². The Morgan fingerprint density at radius 1 is 1.14 bits per heavy atom. The molecule has 0 saturated carbocycles. The zero-order valence-electron chi connectivity index (χ0n) is 13.0. The molecule has 0 aromatic carbocycles. The molecule has 1 saturated heterocycles. The van der Waals surface area contributed by atoms with Gasteiger partial charge in [0.15, 0.2) is 0 Å². The van der Waals surface area contributed by atoms with Gasteiger partial charge in [0.1, 0.15) is 18.0 Å². The fourth-order valence-electron chi connectivity index (χ4n) is 2.31. The minimum atomic E-state index is 0.695. The zero-order chi connectivity index (χ0) is 14.9. The Hall–Kier alpha value is -0.620. The van der Waals surface area contributed by atoms with Gasteiger partial charge >= 0.3 is 0 Å². The van der Waals surface area contributed by atoms with Crippen molar-refractivity contribution in [2.45, 2.75) is 38.4 Å². The van der Waals surface area contributed by atoms with E-state index in [9.17, 15) is 0 Å². The average Bonchev–Trinajstić information content (AvgIpc) is 2.53. The lowest BCUT2D eigenvalue weighted by atomic mass is 10.1. The number of nitrogens with zero attached hydrogens (tertiary/aromatic N) is 2. The van der Waals surface area contributed by atoms with E-state index in [2.05, 4.69) is 58.0 Å². The number of anilines is 2. The highest BCUT2D eigenvalue weighted by Gasteiger charge is 2.16. The van der Waals surface area contributed by atoms with Crippen LogP contribution in [-0.4, -0.2) is 45.6 Å². The van der Waals surface area contributed by atoms with E-state index in [0.29, 0.717) is 5.25 Å². The first-order valence-corrected chi connectivity index (χ1v) is 10.1. The summed E-state index contributed by atoms with van der Waals surface area (Å²) < 4.78 is 0. The maximum Gasteiger partial charge on any atom is 0.134 e. The van der Waals surface area contributed by atoms with Gasteiger partial charge in [0.25, 0.3) is 0 Å². The van der Waals surface area contributed by atoms with Gasteiger partial charge in [0, 0.05) is 41.2 Å². The maximum atomic E-state index is 4.47. The second-order valence-corrected chi connectivity index (χ2v) is 7.73. The first kappa shape index (κ1) is 16.7. The van der Waals surface area contributed by atoms with Crippen molar-refractivity contribution in [3.8, 4) is 0 Å². The fourth-order valence-corrected chi connectivity index (χ4v) is 4.92. The van der Waals surface area contributed by atoms with Crippen molar-refractivity contribution in [2.75, 3.05) is 41.0 Å². The molecule has 0 aliphatic carbocycles. The lowest BCUT2D eigenvalue weighted by Crippen LogP contribution is -2.24. The van der Waals surface area contributed by atoms with Crippen LogP contribution in [0.1, 0.15) is 32.3 Å². The molecule has 1 unspecified atom stereocenters. The molecule has 1 fully saturated rings. The lowest BCUT2D eigenvalue weighted by Gasteiger charge is -2.22. The van der Waals surface area contributed by atoms with E-state index in [1.165, 1.54) is 22.8 Å². The molecular formula is C15H26N4S2. The Labute approximate surface area is 136 Å². The molecule has 2 N–H and O–H groups in total. The molecule has 0 radical (unpaired) electrons. The summed E-state index contributed by atoms with van der Waals surface area (Å²) in [5, 5.41) is 7.68. The van der Waals surface area contributed by atoms with E-state index in [1.807, 2.05) is 0 Å². The maximum absolute atomic E-state index is 4.47. The van der Waals surface area contributed by atoms with Crippen molar-refractivity contribution in [3.05, 3.63) is 11.9 Å². The molecule has 4 nitrogen and oxygen atoms in total. The summed E-state index contributed by atoms with van der Waals surface area (Å²) in [6.45, 7) is 6.33. The number of rotatable bonds is 8. The summed E-state index contributed by atoms with van der Waals surface area (Å²) >= 11 is 4.14. The number of aromatic nitrogens is 2. The van der Waals surface area contributed by atoms with E-state index >= 15 is 0 Å². The summed E-state index contributed by atoms with van der Waals surface area (Å²) in [5.41, 5.74) is 1.24. The van der Waals surface area contributed by atoms with Gasteiger partial charge in [-0.05, 0) is 12.8 Å². The second-order valence-electron chi connectivity index (χ2n) is 5.17. The van der Waals surface area contributed by atoms with E-state index in [-0.39, 0.29) is 0 Å². The van der Waals surface area contributed by atoms with Crippen LogP contribution in [0.3, 0.4) is 0 Å². The summed E-state index contributed by atoms with van der Waals surface area (Å²) in [4.78, 5) is 8.89. The molecule has 1 aromatic heterocycles. The number of hydrogen-bond donors (Lipinski definition) is 2. The van der Waals surface area contributed by atoms with Crippen LogP contribution in [-0.2, 0) is 6.42 Å². The quantitative estimate of drug-likeness (QED) is 0.762. The van der Waals surface area contributed by atoms with Crippen LogP contribution in [0, 0.1) is 0 Å². The predicted octanol–water partition coefficient (Wildman–Crippen LogP) is 3.51. The third-order valence-corrected chi connectivity index (χ3v) is 6.21. The van der Waals surface area contributed by atoms with Crippen LogP contribution >= 0.6 is 23.5 Å². The van der Waals surface area contributed by atoms with Crippen LogP contribution in [0.25, 0.3) is 0 Å². The topological polar surface area (TPSA) is 49.8 Å². The first-order chi connectivity index (χ1) is 10.3. The van der Waals surface area contributed by atoms with Crippen LogP contribution in [0.4, 0.5) is 11.6 Å². The Morgan fingerprint density at radius 3 is 2.62 bits per heavy atom. The van der Waals surface area contributed by atoms with Crippen molar-refractivity contribution in [1.29, 1.82) is 0 Å². The van der Waals surface area contributed by atoms with Gasteiger partial charge in [0.2, 0.25) is 0 Å². The summed E-state index contributed by atoms with van der Waals surface area (Å²) in [6.07, 6.45) is 4.90. The van der Waals surface area contributed by atoms with Gasteiger partial charge in [-0.25, -0.2) is 9.97 Å². The molecule has 0 amide bonds. The van der Waals surface area contributed by atoms with Gasteiger partial charge in [-0.15, -0.1) is 0 Å². The number of nitrogens with one attached hydrogen (secondary N) is 2. The lowest BCUT2D eigenvalue weighted by molar-refractivity contribution is 0.883. The number of hydrogen-bond acceptors (Lipinski definition) is 6. The Morgan fingerprint density at radius 2 is 1.95 bits per heavy atom. The molecule has 1 atom stereocenters. The molecule has 6 heteroatoms. The molecule has 0 spiro atoms. The Balaban J connectivity index is 2.02. The van der Waals surface area contributed by atoms with E-state index < -0.39 is 0 Å². The fraction of sp³-hybridized carbons (Fsp3) is 0.733. The monoisotopic (exact) mass is 326 g/mol. The van der Waals surface area contributed by atoms with Crippen LogP contribution in [0.5, 0.6) is 0 Å². The molecule has 21 heavy (non-hydrogen) atoms. The normalized spacial score (nSPS) is 18.5. The van der Waals surface area contributed by atoms with Crippen molar-refractivity contribution in [2.24, 2.45) is 0 Å².